The molecule has 0 saturated carbocycles. The molecule has 0 radical (unpaired) electrons. The van der Waals surface area contributed by atoms with E-state index in [-0.39, 0.29) is 10.7 Å². The summed E-state index contributed by atoms with van der Waals surface area (Å²) >= 11 is 1.77. The number of aryl methyl sites for hydroxylation is 1. The van der Waals surface area contributed by atoms with Gasteiger partial charge in [0.05, 0.1) is 18.2 Å². The van der Waals surface area contributed by atoms with Crippen molar-refractivity contribution >= 4 is 28.6 Å². The maximum absolute atomic E-state index is 13.2. The molecule has 0 aliphatic carbocycles. The normalized spacial score (nSPS) is 12.7. The van der Waals surface area contributed by atoms with Crippen molar-refractivity contribution in [2.75, 3.05) is 7.11 Å². The Bertz CT molecular complexity index is 1800. The summed E-state index contributed by atoms with van der Waals surface area (Å²) in [5.74, 6) is 0.244. The zero-order chi connectivity index (χ0) is 33.8. The number of pyridine rings is 2. The number of aliphatic carboxylic acids is 1. The minimum absolute atomic E-state index is 0.116. The average Bonchev–Trinajstić information content (AvgIpc) is 3.40. The van der Waals surface area contributed by atoms with Crippen molar-refractivity contribution in [1.29, 1.82) is 0 Å². The topological polar surface area (TPSA) is 97.3 Å². The number of carboxylic acid groups (broad SMARTS) is 1. The highest BCUT2D eigenvalue weighted by atomic mass is 32.2. The van der Waals surface area contributed by atoms with E-state index in [2.05, 4.69) is 66.1 Å². The number of thioether (sulfide) groups is 1. The molecule has 3 aromatic heterocycles. The summed E-state index contributed by atoms with van der Waals surface area (Å²) in [6.45, 7) is 12.9. The van der Waals surface area contributed by atoms with Gasteiger partial charge in [-0.15, -0.1) is 11.8 Å². The van der Waals surface area contributed by atoms with Gasteiger partial charge in [-0.25, -0.2) is 4.98 Å². The summed E-state index contributed by atoms with van der Waals surface area (Å²) in [6, 6.07) is 22.3. The lowest BCUT2D eigenvalue weighted by Gasteiger charge is -2.36. The molecule has 1 atom stereocenters. The molecular formula is C39H45N3O4S. The molecule has 8 heteroatoms. The van der Waals surface area contributed by atoms with Gasteiger partial charge in [-0.05, 0) is 73.2 Å². The maximum Gasteiger partial charge on any atom is 0.310 e. The van der Waals surface area contributed by atoms with E-state index >= 15 is 0 Å². The number of carboxylic acids is 1. The third-order valence-electron chi connectivity index (χ3n) is 8.89. The number of hydrogen-bond donors (Lipinski definition) is 2. The van der Waals surface area contributed by atoms with E-state index < -0.39 is 11.4 Å². The number of rotatable bonds is 13. The van der Waals surface area contributed by atoms with Crippen LogP contribution in [0.4, 0.5) is 0 Å². The lowest BCUT2D eigenvalue weighted by Crippen LogP contribution is -2.38. The number of fused-ring (bicyclic) bond motifs is 1. The zero-order valence-corrected chi connectivity index (χ0v) is 29.2. The molecule has 0 aliphatic rings. The number of nitrogens with one attached hydrogen (secondary N) is 1. The number of benzene rings is 2. The van der Waals surface area contributed by atoms with Crippen LogP contribution in [0.5, 0.6) is 11.6 Å². The first-order chi connectivity index (χ1) is 22.5. The minimum Gasteiger partial charge on any atom is -0.487 e. The highest BCUT2D eigenvalue weighted by Gasteiger charge is 2.45. The van der Waals surface area contributed by atoms with Gasteiger partial charge >= 0.3 is 5.97 Å². The summed E-state index contributed by atoms with van der Waals surface area (Å²) in [7, 11) is 1.60. The summed E-state index contributed by atoms with van der Waals surface area (Å²) in [6.07, 6.45) is 5.23. The molecule has 0 aliphatic heterocycles. The van der Waals surface area contributed by atoms with Crippen LogP contribution in [0.2, 0.25) is 0 Å². The molecule has 0 fully saturated rings. The molecule has 0 spiro atoms. The number of carbonyl (C=O) groups is 1. The van der Waals surface area contributed by atoms with Crippen molar-refractivity contribution in [3.63, 3.8) is 0 Å². The number of nitrogens with zero attached hydrogens (tertiary/aromatic N) is 2. The quantitative estimate of drug-likeness (QED) is 0.122. The van der Waals surface area contributed by atoms with Crippen LogP contribution in [-0.4, -0.2) is 37.9 Å². The lowest BCUT2D eigenvalue weighted by atomic mass is 9.67. The van der Waals surface area contributed by atoms with Gasteiger partial charge in [0.25, 0.3) is 0 Å². The van der Waals surface area contributed by atoms with Gasteiger partial charge < -0.3 is 19.6 Å². The SMILES string of the molecule is CCC(CC)(C(=O)O)C(Cc1ccc(-c2ccc(OC)nc2)cc1)c1[nH]c2ccc(OCc3ccc(C)cn3)cc2c1SC(C)(C)C. The van der Waals surface area contributed by atoms with Crippen LogP contribution in [0.15, 0.2) is 84.0 Å². The molecule has 2 N–H and O–H groups in total. The Balaban J connectivity index is 1.56. The van der Waals surface area contributed by atoms with Crippen molar-refractivity contribution in [1.82, 2.24) is 15.0 Å². The van der Waals surface area contributed by atoms with Gasteiger partial charge in [0.1, 0.15) is 12.4 Å². The van der Waals surface area contributed by atoms with Crippen molar-refractivity contribution in [2.45, 2.75) is 83.0 Å². The largest absolute Gasteiger partial charge is 0.487 e. The van der Waals surface area contributed by atoms with Gasteiger partial charge in [0.15, 0.2) is 0 Å². The van der Waals surface area contributed by atoms with E-state index in [9.17, 15) is 9.90 Å². The molecule has 246 valence electrons. The van der Waals surface area contributed by atoms with Gasteiger partial charge in [0, 0.05) is 56.2 Å². The summed E-state index contributed by atoms with van der Waals surface area (Å²) in [5, 5.41) is 11.9. The highest BCUT2D eigenvalue weighted by Crippen LogP contribution is 2.50. The van der Waals surface area contributed by atoms with Crippen molar-refractivity contribution in [2.24, 2.45) is 5.41 Å². The van der Waals surface area contributed by atoms with Crippen molar-refractivity contribution in [3.8, 4) is 22.8 Å². The number of hydrogen-bond acceptors (Lipinski definition) is 6. The van der Waals surface area contributed by atoms with Crippen LogP contribution < -0.4 is 9.47 Å². The number of methoxy groups -OCH3 is 1. The Labute approximate surface area is 282 Å². The molecule has 0 bridgehead atoms. The van der Waals surface area contributed by atoms with Gasteiger partial charge in [0.2, 0.25) is 5.88 Å². The van der Waals surface area contributed by atoms with Crippen LogP contribution in [0.1, 0.15) is 75.9 Å². The van der Waals surface area contributed by atoms with Gasteiger partial charge in [-0.3, -0.25) is 9.78 Å². The predicted molar refractivity (Wildman–Crippen MR) is 191 cm³/mol. The second-order valence-electron chi connectivity index (χ2n) is 13.1. The molecule has 0 amide bonds. The first-order valence-electron chi connectivity index (χ1n) is 16.2. The van der Waals surface area contributed by atoms with E-state index in [0.29, 0.717) is 31.7 Å². The standard InChI is InChI=1S/C39H45N3O4S/c1-8-39(9-2,37(43)44)32(20-26-11-13-27(14-12-26)28-15-19-34(45-7)41-23-28)35-36(47-38(4,5)6)31-21-30(17-18-33(31)42-35)46-24-29-16-10-25(3)22-40-29/h10-19,21-23,32,42H,8-9,20,24H2,1-7H3,(H,43,44). The highest BCUT2D eigenvalue weighted by molar-refractivity contribution is 8.00. The Kier molecular flexibility index (Phi) is 10.3. The number of ether oxygens (including phenoxy) is 2. The van der Waals surface area contributed by atoms with Gasteiger partial charge in [-0.1, -0.05) is 65.0 Å². The van der Waals surface area contributed by atoms with Crippen LogP contribution in [0, 0.1) is 12.3 Å². The Hall–Kier alpha value is -4.30. The second kappa shape index (κ2) is 14.2. The summed E-state index contributed by atoms with van der Waals surface area (Å²) < 4.78 is 11.3. The molecule has 0 saturated heterocycles. The number of aromatic amines is 1. The molecule has 1 unspecified atom stereocenters. The average molecular weight is 652 g/mol. The van der Waals surface area contributed by atoms with E-state index in [4.69, 9.17) is 9.47 Å². The lowest BCUT2D eigenvalue weighted by molar-refractivity contribution is -0.151. The van der Waals surface area contributed by atoms with E-state index in [0.717, 1.165) is 55.2 Å². The molecule has 2 aromatic carbocycles. The Morgan fingerprint density at radius 2 is 1.66 bits per heavy atom. The fourth-order valence-corrected chi connectivity index (χ4v) is 7.36. The molecule has 5 rings (SSSR count). The van der Waals surface area contributed by atoms with Crippen molar-refractivity contribution in [3.05, 3.63) is 102 Å². The summed E-state index contributed by atoms with van der Waals surface area (Å²) in [4.78, 5) is 26.8. The Morgan fingerprint density at radius 3 is 2.23 bits per heavy atom. The first-order valence-corrected chi connectivity index (χ1v) is 17.0. The van der Waals surface area contributed by atoms with Crippen LogP contribution in [0.25, 0.3) is 22.0 Å². The molecular weight excluding hydrogens is 607 g/mol. The summed E-state index contributed by atoms with van der Waals surface area (Å²) in [5.41, 5.74) is 6.04. The van der Waals surface area contributed by atoms with E-state index in [1.54, 1.807) is 25.1 Å². The smallest absolute Gasteiger partial charge is 0.310 e. The third kappa shape index (κ3) is 7.65. The van der Waals surface area contributed by atoms with Crippen molar-refractivity contribution < 1.29 is 19.4 Å². The third-order valence-corrected chi connectivity index (χ3v) is 10.1. The fraction of sp³-hybridized carbons (Fsp3) is 0.359. The van der Waals surface area contributed by atoms with Crippen LogP contribution in [0.3, 0.4) is 0 Å². The number of aromatic nitrogens is 3. The minimum atomic E-state index is -0.969. The van der Waals surface area contributed by atoms with Crippen LogP contribution >= 0.6 is 11.8 Å². The molecule has 3 heterocycles. The fourth-order valence-electron chi connectivity index (χ4n) is 6.17. The first kappa shape index (κ1) is 34.0. The number of H-pyrrole nitrogens is 1. The molecule has 47 heavy (non-hydrogen) atoms. The monoisotopic (exact) mass is 651 g/mol. The van der Waals surface area contributed by atoms with E-state index in [1.807, 2.05) is 63.4 Å². The Morgan fingerprint density at radius 1 is 0.936 bits per heavy atom. The van der Waals surface area contributed by atoms with Crippen LogP contribution in [-0.2, 0) is 17.8 Å². The second-order valence-corrected chi connectivity index (χ2v) is 15.0. The molecule has 5 aromatic rings. The molecule has 7 nitrogen and oxygen atoms in total. The predicted octanol–water partition coefficient (Wildman–Crippen LogP) is 9.63. The van der Waals surface area contributed by atoms with E-state index in [1.165, 1.54) is 0 Å². The maximum atomic E-state index is 13.2. The zero-order valence-electron chi connectivity index (χ0n) is 28.4. The van der Waals surface area contributed by atoms with Gasteiger partial charge in [-0.2, -0.15) is 0 Å².